The molecule has 2 aromatic rings. The lowest BCUT2D eigenvalue weighted by molar-refractivity contribution is 0.0278. The zero-order valence-electron chi connectivity index (χ0n) is 15.1. The van der Waals surface area contributed by atoms with Crippen molar-refractivity contribution < 1.29 is 19.3 Å². The van der Waals surface area contributed by atoms with Crippen molar-refractivity contribution in [3.8, 4) is 5.75 Å². The zero-order valence-corrected chi connectivity index (χ0v) is 15.9. The molecular formula is C21H25ClFNO3. The largest absolute Gasteiger partial charge is 0.491 e. The van der Waals surface area contributed by atoms with E-state index >= 15 is 0 Å². The number of likely N-dealkylation sites (tertiary alicyclic amines) is 1. The lowest BCUT2D eigenvalue weighted by Crippen LogP contribution is -2.41. The van der Waals surface area contributed by atoms with E-state index < -0.39 is 12.2 Å². The first-order valence-corrected chi connectivity index (χ1v) is 9.61. The Hall–Kier alpha value is -1.66. The Bertz CT molecular complexity index is 702. The summed E-state index contributed by atoms with van der Waals surface area (Å²) < 4.78 is 18.6. The van der Waals surface area contributed by atoms with Crippen molar-refractivity contribution in [2.75, 3.05) is 26.2 Å². The Morgan fingerprint density at radius 1 is 1.04 bits per heavy atom. The van der Waals surface area contributed by atoms with E-state index in [0.717, 1.165) is 31.5 Å². The lowest BCUT2D eigenvalue weighted by Gasteiger charge is -2.35. The van der Waals surface area contributed by atoms with Crippen LogP contribution >= 0.6 is 11.6 Å². The molecule has 2 unspecified atom stereocenters. The number of nitrogens with zero attached hydrogens (tertiary/aromatic N) is 1. The number of hydrogen-bond donors (Lipinski definition) is 2. The van der Waals surface area contributed by atoms with E-state index in [4.69, 9.17) is 16.3 Å². The van der Waals surface area contributed by atoms with Crippen molar-refractivity contribution in [1.82, 2.24) is 4.90 Å². The molecule has 1 aliphatic heterocycles. The number of hydrogen-bond acceptors (Lipinski definition) is 4. The van der Waals surface area contributed by atoms with E-state index in [9.17, 15) is 14.6 Å². The third kappa shape index (κ3) is 5.91. The summed E-state index contributed by atoms with van der Waals surface area (Å²) in [5, 5.41) is 21.4. The van der Waals surface area contributed by atoms with Crippen LogP contribution in [-0.2, 0) is 0 Å². The summed E-state index contributed by atoms with van der Waals surface area (Å²) in [7, 11) is 0. The van der Waals surface area contributed by atoms with E-state index in [2.05, 4.69) is 4.90 Å². The second-order valence-electron chi connectivity index (χ2n) is 7.05. The van der Waals surface area contributed by atoms with Gasteiger partial charge in [0.1, 0.15) is 24.3 Å². The lowest BCUT2D eigenvalue weighted by atomic mass is 9.87. The summed E-state index contributed by atoms with van der Waals surface area (Å²) in [5.74, 6) is 0.532. The smallest absolute Gasteiger partial charge is 0.123 e. The summed E-state index contributed by atoms with van der Waals surface area (Å²) in [4.78, 5) is 2.18. The van der Waals surface area contributed by atoms with Crippen molar-refractivity contribution in [3.63, 3.8) is 0 Å². The average Bonchev–Trinajstić information content (AvgIpc) is 2.68. The minimum Gasteiger partial charge on any atom is -0.491 e. The molecule has 1 fully saturated rings. The highest BCUT2D eigenvalue weighted by Crippen LogP contribution is 2.30. The summed E-state index contributed by atoms with van der Waals surface area (Å²) in [6.45, 7) is 2.37. The monoisotopic (exact) mass is 393 g/mol. The number of halogens is 2. The molecule has 27 heavy (non-hydrogen) atoms. The van der Waals surface area contributed by atoms with E-state index in [1.807, 2.05) is 0 Å². The minimum atomic E-state index is -0.584. The predicted molar refractivity (Wildman–Crippen MR) is 103 cm³/mol. The third-order valence-corrected chi connectivity index (χ3v) is 5.27. The van der Waals surface area contributed by atoms with Gasteiger partial charge in [-0.2, -0.15) is 0 Å². The van der Waals surface area contributed by atoms with Gasteiger partial charge >= 0.3 is 0 Å². The van der Waals surface area contributed by atoms with Crippen LogP contribution in [0.3, 0.4) is 0 Å². The molecule has 1 saturated heterocycles. The van der Waals surface area contributed by atoms with E-state index in [1.54, 1.807) is 36.4 Å². The molecule has 0 bridgehead atoms. The molecule has 2 N–H and O–H groups in total. The Balaban J connectivity index is 1.40. The molecule has 4 nitrogen and oxygen atoms in total. The van der Waals surface area contributed by atoms with Crippen molar-refractivity contribution in [2.45, 2.75) is 25.0 Å². The van der Waals surface area contributed by atoms with E-state index in [1.165, 1.54) is 12.1 Å². The van der Waals surface area contributed by atoms with Gasteiger partial charge in [0, 0.05) is 11.6 Å². The second kappa shape index (κ2) is 9.51. The van der Waals surface area contributed by atoms with Gasteiger partial charge in [0.05, 0.1) is 6.10 Å². The molecule has 0 aromatic heterocycles. The molecule has 0 saturated carbocycles. The molecule has 2 atom stereocenters. The number of piperidine rings is 1. The fourth-order valence-electron chi connectivity index (χ4n) is 3.46. The highest BCUT2D eigenvalue weighted by Gasteiger charge is 2.27. The molecule has 0 aliphatic carbocycles. The molecule has 0 spiro atoms. The van der Waals surface area contributed by atoms with Crippen molar-refractivity contribution in [2.24, 2.45) is 5.92 Å². The summed E-state index contributed by atoms with van der Waals surface area (Å²) >= 11 is 5.84. The maximum Gasteiger partial charge on any atom is 0.123 e. The van der Waals surface area contributed by atoms with Crippen LogP contribution in [0.15, 0.2) is 48.5 Å². The fourth-order valence-corrected chi connectivity index (χ4v) is 3.58. The molecule has 1 aliphatic rings. The minimum absolute atomic E-state index is 0.147. The van der Waals surface area contributed by atoms with Crippen LogP contribution in [-0.4, -0.2) is 47.5 Å². The molecule has 1 heterocycles. The Labute approximate surface area is 164 Å². The first-order valence-electron chi connectivity index (χ1n) is 9.23. The maximum absolute atomic E-state index is 13.0. The predicted octanol–water partition coefficient (Wildman–Crippen LogP) is 3.66. The summed E-state index contributed by atoms with van der Waals surface area (Å²) in [5.41, 5.74) is 0.756. The van der Waals surface area contributed by atoms with Crippen LogP contribution in [0, 0.1) is 11.7 Å². The number of benzene rings is 2. The average molecular weight is 394 g/mol. The third-order valence-electron chi connectivity index (χ3n) is 5.02. The van der Waals surface area contributed by atoms with Gasteiger partial charge < -0.3 is 19.8 Å². The van der Waals surface area contributed by atoms with Gasteiger partial charge in [-0.15, -0.1) is 0 Å². The molecule has 2 aromatic carbocycles. The molecule has 0 amide bonds. The van der Waals surface area contributed by atoms with Crippen LogP contribution in [0.2, 0.25) is 5.02 Å². The Morgan fingerprint density at radius 3 is 2.30 bits per heavy atom. The van der Waals surface area contributed by atoms with Gasteiger partial charge in [0.2, 0.25) is 0 Å². The van der Waals surface area contributed by atoms with Crippen molar-refractivity contribution in [1.29, 1.82) is 0 Å². The van der Waals surface area contributed by atoms with Crippen LogP contribution < -0.4 is 4.74 Å². The van der Waals surface area contributed by atoms with Crippen molar-refractivity contribution in [3.05, 3.63) is 64.9 Å². The van der Waals surface area contributed by atoms with Crippen LogP contribution in [0.5, 0.6) is 5.75 Å². The number of ether oxygens (including phenoxy) is 1. The summed E-state index contributed by atoms with van der Waals surface area (Å²) in [6, 6.07) is 13.1. The standard InChI is InChI=1S/C21H25ClFNO3/c22-17-3-7-20(8-4-17)27-14-19(25)13-24-11-9-16(10-12-24)21(26)15-1-5-18(23)6-2-15/h1-8,16,19,21,25-26H,9-14H2. The molecule has 146 valence electrons. The normalized spacial score (nSPS) is 18.2. The maximum atomic E-state index is 13.0. The van der Waals surface area contributed by atoms with Gasteiger partial charge in [-0.1, -0.05) is 23.7 Å². The first kappa shape index (κ1) is 20.1. The van der Waals surface area contributed by atoms with Crippen LogP contribution in [0.1, 0.15) is 24.5 Å². The number of aliphatic hydroxyl groups is 2. The zero-order chi connectivity index (χ0) is 19.2. The highest BCUT2D eigenvalue weighted by molar-refractivity contribution is 6.30. The highest BCUT2D eigenvalue weighted by atomic mass is 35.5. The molecular weight excluding hydrogens is 369 g/mol. The SMILES string of the molecule is OC(COc1ccc(Cl)cc1)CN1CCC(C(O)c2ccc(F)cc2)CC1. The van der Waals surface area contributed by atoms with Crippen LogP contribution in [0.25, 0.3) is 0 Å². The quantitative estimate of drug-likeness (QED) is 0.753. The first-order chi connectivity index (χ1) is 13.0. The molecule has 0 radical (unpaired) electrons. The fraction of sp³-hybridized carbons (Fsp3) is 0.429. The Morgan fingerprint density at radius 2 is 1.67 bits per heavy atom. The second-order valence-corrected chi connectivity index (χ2v) is 7.49. The van der Waals surface area contributed by atoms with Crippen LogP contribution in [0.4, 0.5) is 4.39 Å². The van der Waals surface area contributed by atoms with Gasteiger partial charge in [-0.05, 0) is 73.8 Å². The number of rotatable bonds is 7. The van der Waals surface area contributed by atoms with Crippen molar-refractivity contribution >= 4 is 11.6 Å². The topological polar surface area (TPSA) is 52.9 Å². The van der Waals surface area contributed by atoms with Gasteiger partial charge in [-0.25, -0.2) is 4.39 Å². The summed E-state index contributed by atoms with van der Waals surface area (Å²) in [6.07, 6.45) is 0.511. The van der Waals surface area contributed by atoms with Gasteiger partial charge in [0.15, 0.2) is 0 Å². The number of β-amino-alcohol motifs (C(OH)–C–C–N with tert-alkyl or cyclic N) is 1. The Kier molecular flexibility index (Phi) is 7.07. The van der Waals surface area contributed by atoms with E-state index in [-0.39, 0.29) is 18.3 Å². The van der Waals surface area contributed by atoms with Gasteiger partial charge in [-0.3, -0.25) is 0 Å². The number of aliphatic hydroxyl groups excluding tert-OH is 2. The molecule has 6 heteroatoms. The van der Waals surface area contributed by atoms with Gasteiger partial charge in [0.25, 0.3) is 0 Å². The molecule has 3 rings (SSSR count). The van der Waals surface area contributed by atoms with E-state index in [0.29, 0.717) is 17.3 Å².